The topological polar surface area (TPSA) is 46.2 Å². The zero-order valence-corrected chi connectivity index (χ0v) is 14.2. The van der Waals surface area contributed by atoms with Crippen LogP contribution in [0, 0.1) is 0 Å². The maximum Gasteiger partial charge on any atom is 0.240 e. The standard InChI is InChI=1S/C16H18BrNO2S/c1-13(7-8-14-5-3-2-4-6-14)18-21(19,20)16-11-9-15(17)10-12-16/h2-6,9-13,18H,7-8H2,1H3. The van der Waals surface area contributed by atoms with Crippen LogP contribution in [0.4, 0.5) is 0 Å². The Hall–Kier alpha value is -1.17. The summed E-state index contributed by atoms with van der Waals surface area (Å²) in [5.41, 5.74) is 1.21. The molecule has 0 radical (unpaired) electrons. The highest BCUT2D eigenvalue weighted by Gasteiger charge is 2.16. The highest BCUT2D eigenvalue weighted by atomic mass is 79.9. The summed E-state index contributed by atoms with van der Waals surface area (Å²) in [5.74, 6) is 0. The number of nitrogens with one attached hydrogen (secondary N) is 1. The second-order valence-corrected chi connectivity index (χ2v) is 7.63. The predicted molar refractivity (Wildman–Crippen MR) is 88.7 cm³/mol. The number of benzene rings is 2. The van der Waals surface area contributed by atoms with Crippen molar-refractivity contribution < 1.29 is 8.42 Å². The van der Waals surface area contributed by atoms with Gasteiger partial charge in [0, 0.05) is 10.5 Å². The molecule has 21 heavy (non-hydrogen) atoms. The largest absolute Gasteiger partial charge is 0.240 e. The average molecular weight is 368 g/mol. The molecule has 0 aliphatic heterocycles. The van der Waals surface area contributed by atoms with E-state index < -0.39 is 10.0 Å². The molecule has 0 amide bonds. The van der Waals surface area contributed by atoms with Crippen LogP contribution in [0.1, 0.15) is 18.9 Å². The number of aryl methyl sites for hydroxylation is 1. The van der Waals surface area contributed by atoms with Crippen molar-refractivity contribution in [1.29, 1.82) is 0 Å². The third kappa shape index (κ3) is 4.95. The van der Waals surface area contributed by atoms with E-state index in [0.717, 1.165) is 17.3 Å². The van der Waals surface area contributed by atoms with E-state index in [1.807, 2.05) is 25.1 Å². The molecule has 0 bridgehead atoms. The molecule has 0 saturated heterocycles. The zero-order chi connectivity index (χ0) is 15.3. The van der Waals surface area contributed by atoms with Crippen LogP contribution in [0.15, 0.2) is 64.0 Å². The normalized spacial score (nSPS) is 13.0. The SMILES string of the molecule is CC(CCc1ccccc1)NS(=O)(=O)c1ccc(Br)cc1. The minimum Gasteiger partial charge on any atom is -0.208 e. The van der Waals surface area contributed by atoms with Crippen molar-refractivity contribution >= 4 is 26.0 Å². The molecule has 0 spiro atoms. The lowest BCUT2D eigenvalue weighted by atomic mass is 10.1. The first kappa shape index (κ1) is 16.2. The molecular formula is C16H18BrNO2S. The molecule has 1 N–H and O–H groups in total. The monoisotopic (exact) mass is 367 g/mol. The predicted octanol–water partition coefficient (Wildman–Crippen LogP) is 3.75. The molecule has 0 aromatic heterocycles. The van der Waals surface area contributed by atoms with Crippen LogP contribution < -0.4 is 4.72 Å². The van der Waals surface area contributed by atoms with Gasteiger partial charge in [-0.05, 0) is 49.6 Å². The fraction of sp³-hybridized carbons (Fsp3) is 0.250. The van der Waals surface area contributed by atoms with Crippen LogP contribution in [-0.2, 0) is 16.4 Å². The molecule has 0 heterocycles. The summed E-state index contributed by atoms with van der Waals surface area (Å²) in [6, 6.07) is 16.6. The highest BCUT2D eigenvalue weighted by molar-refractivity contribution is 9.10. The molecule has 0 saturated carbocycles. The smallest absolute Gasteiger partial charge is 0.208 e. The first-order valence-electron chi connectivity index (χ1n) is 6.79. The number of halogens is 1. The van der Waals surface area contributed by atoms with E-state index in [2.05, 4.69) is 32.8 Å². The molecule has 2 rings (SSSR count). The van der Waals surface area contributed by atoms with Gasteiger partial charge in [-0.3, -0.25) is 0 Å². The third-order valence-electron chi connectivity index (χ3n) is 3.19. The van der Waals surface area contributed by atoms with Gasteiger partial charge in [-0.2, -0.15) is 0 Å². The number of rotatable bonds is 6. The van der Waals surface area contributed by atoms with Gasteiger partial charge >= 0.3 is 0 Å². The Morgan fingerprint density at radius 2 is 1.67 bits per heavy atom. The first-order valence-corrected chi connectivity index (χ1v) is 9.07. The van der Waals surface area contributed by atoms with Gasteiger partial charge in [0.05, 0.1) is 4.90 Å². The lowest BCUT2D eigenvalue weighted by molar-refractivity contribution is 0.547. The Morgan fingerprint density at radius 1 is 1.05 bits per heavy atom. The Bertz CT molecular complexity index is 669. The van der Waals surface area contributed by atoms with Crippen molar-refractivity contribution in [1.82, 2.24) is 4.72 Å². The molecular weight excluding hydrogens is 350 g/mol. The number of sulfonamides is 1. The van der Waals surface area contributed by atoms with Gasteiger partial charge < -0.3 is 0 Å². The second kappa shape index (κ2) is 7.20. The van der Waals surface area contributed by atoms with Gasteiger partial charge in [-0.15, -0.1) is 0 Å². The molecule has 2 aromatic rings. The quantitative estimate of drug-likeness (QED) is 0.844. The molecule has 5 heteroatoms. The van der Waals surface area contributed by atoms with Crippen molar-refractivity contribution in [2.45, 2.75) is 30.7 Å². The summed E-state index contributed by atoms with van der Waals surface area (Å²) in [4.78, 5) is 0.289. The summed E-state index contributed by atoms with van der Waals surface area (Å²) in [6.45, 7) is 1.89. The highest BCUT2D eigenvalue weighted by Crippen LogP contribution is 2.15. The van der Waals surface area contributed by atoms with E-state index >= 15 is 0 Å². The molecule has 0 aliphatic rings. The molecule has 1 atom stereocenters. The summed E-state index contributed by atoms with van der Waals surface area (Å²) in [7, 11) is -3.45. The lowest BCUT2D eigenvalue weighted by Gasteiger charge is -2.14. The minimum absolute atomic E-state index is 0.112. The van der Waals surface area contributed by atoms with Crippen molar-refractivity contribution in [2.75, 3.05) is 0 Å². The van der Waals surface area contributed by atoms with E-state index in [1.54, 1.807) is 24.3 Å². The van der Waals surface area contributed by atoms with Crippen LogP contribution in [0.2, 0.25) is 0 Å². The molecule has 0 fully saturated rings. The van der Waals surface area contributed by atoms with Gasteiger partial charge in [-0.25, -0.2) is 13.1 Å². The average Bonchev–Trinajstić information content (AvgIpc) is 2.46. The second-order valence-electron chi connectivity index (χ2n) is 5.00. The Labute approximate surface area is 134 Å². The van der Waals surface area contributed by atoms with E-state index in [4.69, 9.17) is 0 Å². The first-order chi connectivity index (χ1) is 9.97. The van der Waals surface area contributed by atoms with Gasteiger partial charge in [0.15, 0.2) is 0 Å². The lowest BCUT2D eigenvalue weighted by Crippen LogP contribution is -2.32. The van der Waals surface area contributed by atoms with E-state index in [1.165, 1.54) is 5.56 Å². The number of hydrogen-bond acceptors (Lipinski definition) is 2. The fourth-order valence-electron chi connectivity index (χ4n) is 2.03. The van der Waals surface area contributed by atoms with Crippen LogP contribution in [0.25, 0.3) is 0 Å². The maximum atomic E-state index is 12.2. The molecule has 0 aliphatic carbocycles. The van der Waals surface area contributed by atoms with Crippen LogP contribution >= 0.6 is 15.9 Å². The van der Waals surface area contributed by atoms with Gasteiger partial charge in [-0.1, -0.05) is 46.3 Å². The Balaban J connectivity index is 1.95. The van der Waals surface area contributed by atoms with Gasteiger partial charge in [0.1, 0.15) is 0 Å². The van der Waals surface area contributed by atoms with E-state index in [9.17, 15) is 8.42 Å². The third-order valence-corrected chi connectivity index (χ3v) is 5.32. The molecule has 3 nitrogen and oxygen atoms in total. The van der Waals surface area contributed by atoms with Crippen LogP contribution in [-0.4, -0.2) is 14.5 Å². The molecule has 2 aromatic carbocycles. The van der Waals surface area contributed by atoms with E-state index in [-0.39, 0.29) is 10.9 Å². The van der Waals surface area contributed by atoms with Gasteiger partial charge in [0.2, 0.25) is 10.0 Å². The number of hydrogen-bond donors (Lipinski definition) is 1. The van der Waals surface area contributed by atoms with Crippen molar-refractivity contribution in [3.05, 3.63) is 64.6 Å². The van der Waals surface area contributed by atoms with E-state index in [0.29, 0.717) is 0 Å². The van der Waals surface area contributed by atoms with Crippen LogP contribution in [0.5, 0.6) is 0 Å². The maximum absolute atomic E-state index is 12.2. The fourth-order valence-corrected chi connectivity index (χ4v) is 3.58. The molecule has 1 unspecified atom stereocenters. The van der Waals surface area contributed by atoms with Crippen molar-refractivity contribution in [2.24, 2.45) is 0 Å². The Morgan fingerprint density at radius 3 is 2.29 bits per heavy atom. The summed E-state index contributed by atoms with van der Waals surface area (Å²) in [6.07, 6.45) is 1.62. The van der Waals surface area contributed by atoms with Crippen molar-refractivity contribution in [3.8, 4) is 0 Å². The Kier molecular flexibility index (Phi) is 5.56. The van der Waals surface area contributed by atoms with Gasteiger partial charge in [0.25, 0.3) is 0 Å². The zero-order valence-electron chi connectivity index (χ0n) is 11.8. The summed E-state index contributed by atoms with van der Waals surface area (Å²) in [5, 5.41) is 0. The molecule has 112 valence electrons. The summed E-state index contributed by atoms with van der Waals surface area (Å²) >= 11 is 3.30. The van der Waals surface area contributed by atoms with Crippen LogP contribution in [0.3, 0.4) is 0 Å². The minimum atomic E-state index is -3.45. The summed E-state index contributed by atoms with van der Waals surface area (Å²) < 4.78 is 28.1. The van der Waals surface area contributed by atoms with Crippen molar-refractivity contribution in [3.63, 3.8) is 0 Å².